The lowest BCUT2D eigenvalue weighted by atomic mass is 10.1. The van der Waals surface area contributed by atoms with Crippen molar-refractivity contribution in [3.05, 3.63) is 134 Å². The third-order valence-electron chi connectivity index (χ3n) is 11.6. The van der Waals surface area contributed by atoms with E-state index in [0.29, 0.717) is 19.3 Å². The van der Waals surface area contributed by atoms with Crippen LogP contribution in [0.1, 0.15) is 239 Å². The number of carbonyl (C=O) groups is 3. The lowest BCUT2D eigenvalue weighted by Crippen LogP contribution is -2.30. The third kappa shape index (κ3) is 56.3. The quantitative estimate of drug-likeness (QED) is 0.0262. The van der Waals surface area contributed by atoms with Crippen molar-refractivity contribution in [3.63, 3.8) is 0 Å². The number of hydrogen-bond donors (Lipinski definition) is 0. The second-order valence-electron chi connectivity index (χ2n) is 18.4. The number of ether oxygens (including phenoxy) is 3. The number of unbranched alkanes of at least 4 members (excludes halogenated alkanes) is 17. The van der Waals surface area contributed by atoms with Crippen molar-refractivity contribution >= 4 is 17.9 Å². The first-order valence-corrected chi connectivity index (χ1v) is 28.7. The minimum Gasteiger partial charge on any atom is -0.462 e. The lowest BCUT2D eigenvalue weighted by Gasteiger charge is -2.18. The van der Waals surface area contributed by atoms with Crippen molar-refractivity contribution < 1.29 is 28.6 Å². The Labute approximate surface area is 436 Å². The van der Waals surface area contributed by atoms with Crippen LogP contribution in [0.2, 0.25) is 0 Å². The van der Waals surface area contributed by atoms with Gasteiger partial charge in [0.05, 0.1) is 0 Å². The molecule has 0 amide bonds. The molecule has 0 fully saturated rings. The van der Waals surface area contributed by atoms with Gasteiger partial charge in [-0.05, 0) is 128 Å². The fourth-order valence-electron chi connectivity index (χ4n) is 7.36. The minimum absolute atomic E-state index is 0.101. The van der Waals surface area contributed by atoms with Crippen LogP contribution in [0, 0.1) is 0 Å². The van der Waals surface area contributed by atoms with Gasteiger partial charge in [0.25, 0.3) is 0 Å². The van der Waals surface area contributed by atoms with Gasteiger partial charge >= 0.3 is 17.9 Å². The SMILES string of the molecule is CC/C=C\C/C=C\C/C=C\C/C=C\C/C=C\C/C=C\CCCCCCC(=O)OCC(COC(=O)CCCCCCC/C=C\CCCC)OC(=O)CCCCCCCC/C=C\C/C=C\C/C=C\C/C=C\CC. The Morgan fingerprint density at radius 1 is 0.296 bits per heavy atom. The maximum absolute atomic E-state index is 12.9. The first kappa shape index (κ1) is 66.6. The molecule has 6 nitrogen and oxygen atoms in total. The Morgan fingerprint density at radius 2 is 0.549 bits per heavy atom. The van der Waals surface area contributed by atoms with Crippen molar-refractivity contribution in [2.24, 2.45) is 0 Å². The Kier molecular flexibility index (Phi) is 54.5. The summed E-state index contributed by atoms with van der Waals surface area (Å²) in [5.74, 6) is -0.955. The summed E-state index contributed by atoms with van der Waals surface area (Å²) in [6.45, 7) is 6.32. The molecule has 0 spiro atoms. The molecule has 0 aromatic carbocycles. The van der Waals surface area contributed by atoms with Crippen LogP contribution in [0.3, 0.4) is 0 Å². The van der Waals surface area contributed by atoms with E-state index in [1.807, 2.05) is 0 Å². The highest BCUT2D eigenvalue weighted by Gasteiger charge is 2.19. The van der Waals surface area contributed by atoms with E-state index < -0.39 is 6.10 Å². The van der Waals surface area contributed by atoms with Crippen LogP contribution in [-0.4, -0.2) is 37.2 Å². The molecule has 1 atom stereocenters. The molecule has 0 heterocycles. The number of carbonyl (C=O) groups excluding carboxylic acids is 3. The Bertz CT molecular complexity index is 1550. The third-order valence-corrected chi connectivity index (χ3v) is 11.6. The maximum atomic E-state index is 12.9. The normalized spacial score (nSPS) is 13.1. The molecule has 0 aliphatic carbocycles. The smallest absolute Gasteiger partial charge is 0.306 e. The van der Waals surface area contributed by atoms with Crippen molar-refractivity contribution in [2.75, 3.05) is 13.2 Å². The predicted molar refractivity (Wildman–Crippen MR) is 306 cm³/mol. The summed E-state index contributed by atoms with van der Waals surface area (Å²) >= 11 is 0. The van der Waals surface area contributed by atoms with Crippen LogP contribution in [0.5, 0.6) is 0 Å². The average molecular weight is 982 g/mol. The Hall–Kier alpha value is -4.45. The Morgan fingerprint density at radius 3 is 0.873 bits per heavy atom. The van der Waals surface area contributed by atoms with E-state index >= 15 is 0 Å². The van der Waals surface area contributed by atoms with E-state index in [-0.39, 0.29) is 31.1 Å². The van der Waals surface area contributed by atoms with Gasteiger partial charge in [0.1, 0.15) is 13.2 Å². The standard InChI is InChI=1S/C65H104O6/c1-4-7-10-13-16-19-22-24-26-28-30-31-32-33-35-36-38-40-43-46-49-52-55-58-64(67)70-61-62(60-69-63(66)57-54-51-48-45-42-21-18-15-12-9-6-3)71-65(68)59-56-53-50-47-44-41-39-37-34-29-27-25-23-20-17-14-11-8-5-2/h7-8,10-11,15-20,24-27,30-31,33-35,37-38,40,62H,4-6,9,12-14,21-23,28-29,32,36,39,41-61H2,1-3H3/b10-7-,11-8-,18-15-,19-16-,20-17-,26-24-,27-25-,31-30-,35-33-,37-34-,40-38-. The fraction of sp³-hybridized carbons (Fsp3) is 0.615. The number of allylic oxidation sites excluding steroid dienone is 22. The van der Waals surface area contributed by atoms with Gasteiger partial charge in [0.15, 0.2) is 6.10 Å². The zero-order chi connectivity index (χ0) is 51.4. The summed E-state index contributed by atoms with van der Waals surface area (Å²) in [6.07, 6.45) is 81.5. The van der Waals surface area contributed by atoms with Crippen molar-refractivity contribution in [2.45, 2.75) is 245 Å². The summed E-state index contributed by atoms with van der Waals surface area (Å²) in [6, 6.07) is 0. The monoisotopic (exact) mass is 981 g/mol. The summed E-state index contributed by atoms with van der Waals surface area (Å²) < 4.78 is 16.8. The zero-order valence-electron chi connectivity index (χ0n) is 45.7. The molecule has 0 rings (SSSR count). The molecule has 0 aromatic rings. The van der Waals surface area contributed by atoms with E-state index in [1.165, 1.54) is 38.5 Å². The number of rotatable bonds is 50. The highest BCUT2D eigenvalue weighted by molar-refractivity contribution is 5.71. The van der Waals surface area contributed by atoms with Crippen LogP contribution in [0.15, 0.2) is 134 Å². The van der Waals surface area contributed by atoms with Crippen LogP contribution in [0.25, 0.3) is 0 Å². The highest BCUT2D eigenvalue weighted by atomic mass is 16.6. The molecule has 0 saturated heterocycles. The molecule has 71 heavy (non-hydrogen) atoms. The van der Waals surface area contributed by atoms with Gasteiger partial charge in [-0.2, -0.15) is 0 Å². The molecule has 0 radical (unpaired) electrons. The lowest BCUT2D eigenvalue weighted by molar-refractivity contribution is -0.167. The van der Waals surface area contributed by atoms with E-state index in [4.69, 9.17) is 14.2 Å². The number of hydrogen-bond acceptors (Lipinski definition) is 6. The van der Waals surface area contributed by atoms with Crippen molar-refractivity contribution in [3.8, 4) is 0 Å². The molecule has 400 valence electrons. The van der Waals surface area contributed by atoms with Gasteiger partial charge < -0.3 is 14.2 Å². The largest absolute Gasteiger partial charge is 0.462 e. The second-order valence-corrected chi connectivity index (χ2v) is 18.4. The average Bonchev–Trinajstić information content (AvgIpc) is 3.37. The molecule has 0 aromatic heterocycles. The molecule has 0 aliphatic heterocycles. The van der Waals surface area contributed by atoms with Crippen LogP contribution < -0.4 is 0 Å². The number of esters is 3. The second kappa shape index (κ2) is 58.1. The van der Waals surface area contributed by atoms with Crippen LogP contribution in [-0.2, 0) is 28.6 Å². The molecular formula is C65H104O6. The molecule has 1 unspecified atom stereocenters. The first-order valence-electron chi connectivity index (χ1n) is 28.7. The fourth-order valence-corrected chi connectivity index (χ4v) is 7.36. The van der Waals surface area contributed by atoms with Crippen LogP contribution in [0.4, 0.5) is 0 Å². The topological polar surface area (TPSA) is 78.9 Å². The molecule has 0 aliphatic rings. The molecule has 0 bridgehead atoms. The summed E-state index contributed by atoms with van der Waals surface area (Å²) in [7, 11) is 0. The van der Waals surface area contributed by atoms with Crippen molar-refractivity contribution in [1.29, 1.82) is 0 Å². The van der Waals surface area contributed by atoms with Crippen molar-refractivity contribution in [1.82, 2.24) is 0 Å². The molecular weight excluding hydrogens is 877 g/mol. The van der Waals surface area contributed by atoms with Gasteiger partial charge in [0, 0.05) is 19.3 Å². The van der Waals surface area contributed by atoms with E-state index in [1.54, 1.807) is 0 Å². The maximum Gasteiger partial charge on any atom is 0.306 e. The van der Waals surface area contributed by atoms with Gasteiger partial charge in [-0.25, -0.2) is 0 Å². The van der Waals surface area contributed by atoms with E-state index in [0.717, 1.165) is 161 Å². The van der Waals surface area contributed by atoms with Crippen LogP contribution >= 0.6 is 0 Å². The van der Waals surface area contributed by atoms with Gasteiger partial charge in [-0.1, -0.05) is 225 Å². The highest BCUT2D eigenvalue weighted by Crippen LogP contribution is 2.13. The molecule has 0 N–H and O–H groups in total. The minimum atomic E-state index is -0.805. The Balaban J connectivity index is 4.44. The van der Waals surface area contributed by atoms with E-state index in [9.17, 15) is 14.4 Å². The zero-order valence-corrected chi connectivity index (χ0v) is 45.7. The summed E-state index contributed by atoms with van der Waals surface area (Å²) in [5.41, 5.74) is 0. The molecule has 6 heteroatoms. The molecule has 0 saturated carbocycles. The first-order chi connectivity index (χ1) is 35.0. The predicted octanol–water partition coefficient (Wildman–Crippen LogP) is 19.4. The van der Waals surface area contributed by atoms with Gasteiger partial charge in [-0.15, -0.1) is 0 Å². The van der Waals surface area contributed by atoms with Gasteiger partial charge in [-0.3, -0.25) is 14.4 Å². The summed E-state index contributed by atoms with van der Waals surface area (Å²) in [4.78, 5) is 38.1. The van der Waals surface area contributed by atoms with E-state index in [2.05, 4.69) is 154 Å². The van der Waals surface area contributed by atoms with Gasteiger partial charge in [0.2, 0.25) is 0 Å². The summed E-state index contributed by atoms with van der Waals surface area (Å²) in [5, 5.41) is 0.